The van der Waals surface area contributed by atoms with Gasteiger partial charge in [0, 0.05) is 26.0 Å². The number of carbonyl (C=O) groups excluding carboxylic acids is 1. The van der Waals surface area contributed by atoms with E-state index in [9.17, 15) is 4.79 Å². The van der Waals surface area contributed by atoms with Gasteiger partial charge in [-0.05, 0) is 43.4 Å². The number of likely N-dealkylation sites (N-methyl/N-ethyl adjacent to an activating group) is 1. The Labute approximate surface area is 205 Å². The molecule has 0 spiro atoms. The molecule has 2 aromatic rings. The third-order valence-corrected chi connectivity index (χ3v) is 6.23. The number of thiazole rings is 1. The van der Waals surface area contributed by atoms with Gasteiger partial charge in [0.2, 0.25) is 5.91 Å². The number of aromatic nitrogens is 1. The number of aryl methyl sites for hydroxylation is 2. The number of guanidine groups is 1. The number of fused-ring (bicyclic) bond motifs is 1. The Morgan fingerprint density at radius 3 is 2.55 bits per heavy atom. The first-order chi connectivity index (χ1) is 14.5. The van der Waals surface area contributed by atoms with E-state index in [2.05, 4.69) is 5.32 Å². The summed E-state index contributed by atoms with van der Waals surface area (Å²) >= 11 is 1.80. The molecule has 170 valence electrons. The number of hydrogen-bond acceptors (Lipinski definition) is 5. The number of hydrogen-bond donors (Lipinski definition) is 1. The second-order valence-corrected chi connectivity index (χ2v) is 8.84. The van der Waals surface area contributed by atoms with E-state index in [1.54, 1.807) is 37.4 Å². The monoisotopic (exact) mass is 557 g/mol. The molecule has 0 saturated heterocycles. The van der Waals surface area contributed by atoms with Gasteiger partial charge in [-0.1, -0.05) is 12.1 Å². The molecule has 0 bridgehead atoms. The summed E-state index contributed by atoms with van der Waals surface area (Å²) in [5, 5.41) is 4.31. The molecule has 1 heterocycles. The summed E-state index contributed by atoms with van der Waals surface area (Å²) in [5.41, 5.74) is 2.34. The molecule has 1 aromatic heterocycles. The Kier molecular flexibility index (Phi) is 10.0. The lowest BCUT2D eigenvalue weighted by atomic mass is 10.0. The Morgan fingerprint density at radius 1 is 1.19 bits per heavy atom. The van der Waals surface area contributed by atoms with Crippen molar-refractivity contribution in [3.63, 3.8) is 0 Å². The number of rotatable bonds is 7. The van der Waals surface area contributed by atoms with E-state index in [-0.39, 0.29) is 36.4 Å². The minimum atomic E-state index is 0. The molecular formula is C22H32IN5O2S. The molecule has 3 rings (SSSR count). The summed E-state index contributed by atoms with van der Waals surface area (Å²) in [5.74, 6) is 1.52. The van der Waals surface area contributed by atoms with Gasteiger partial charge < -0.3 is 19.9 Å². The second-order valence-electron chi connectivity index (χ2n) is 7.67. The maximum atomic E-state index is 12.1. The summed E-state index contributed by atoms with van der Waals surface area (Å²) in [6.45, 7) is 1.39. The average Bonchev–Trinajstić information content (AvgIpc) is 3.16. The molecule has 1 aromatic carbocycles. The van der Waals surface area contributed by atoms with Crippen molar-refractivity contribution >= 4 is 47.2 Å². The number of halogens is 1. The number of nitrogens with one attached hydrogen (secondary N) is 1. The maximum absolute atomic E-state index is 12.1. The highest BCUT2D eigenvalue weighted by Crippen LogP contribution is 2.27. The molecule has 7 nitrogen and oxygen atoms in total. The lowest BCUT2D eigenvalue weighted by molar-refractivity contribution is -0.127. The fraction of sp³-hybridized carbons (Fsp3) is 0.500. The zero-order valence-corrected chi connectivity index (χ0v) is 21.8. The number of benzene rings is 1. The highest BCUT2D eigenvalue weighted by molar-refractivity contribution is 14.0. The number of ether oxygens (including phenoxy) is 1. The summed E-state index contributed by atoms with van der Waals surface area (Å²) in [6, 6.07) is 7.86. The third-order valence-electron chi connectivity index (χ3n) is 5.09. The lowest BCUT2D eigenvalue weighted by Crippen LogP contribution is -2.43. The predicted octanol–water partition coefficient (Wildman–Crippen LogP) is 3.31. The van der Waals surface area contributed by atoms with Crippen LogP contribution in [0.1, 0.15) is 34.0 Å². The van der Waals surface area contributed by atoms with Crippen molar-refractivity contribution in [2.24, 2.45) is 4.99 Å². The van der Waals surface area contributed by atoms with Crippen LogP contribution in [0.25, 0.3) is 0 Å². The van der Waals surface area contributed by atoms with Gasteiger partial charge in [0.1, 0.15) is 10.8 Å². The van der Waals surface area contributed by atoms with Crippen molar-refractivity contribution in [1.29, 1.82) is 0 Å². The largest absolute Gasteiger partial charge is 0.497 e. The first-order valence-electron chi connectivity index (χ1n) is 10.3. The van der Waals surface area contributed by atoms with E-state index in [0.717, 1.165) is 29.2 Å². The van der Waals surface area contributed by atoms with Gasteiger partial charge >= 0.3 is 0 Å². The normalized spacial score (nSPS) is 13.1. The van der Waals surface area contributed by atoms with Gasteiger partial charge in [-0.15, -0.1) is 35.3 Å². The fourth-order valence-corrected chi connectivity index (χ4v) is 4.48. The van der Waals surface area contributed by atoms with Crippen molar-refractivity contribution in [3.05, 3.63) is 45.4 Å². The standard InChI is InChI=1S/C22H31N5O2S.HI/c1-26(2)21(28)14-24-22(23-13-16-9-11-17(29-4)12-10-16)27(3)15-20-25-18-7-5-6-8-19(18)30-20;/h9-12H,5-8,13-15H2,1-4H3,(H,23,24);1H. The van der Waals surface area contributed by atoms with E-state index in [0.29, 0.717) is 19.0 Å². The molecule has 0 saturated carbocycles. The van der Waals surface area contributed by atoms with Crippen LogP contribution in [0.4, 0.5) is 0 Å². The van der Waals surface area contributed by atoms with Gasteiger partial charge in [0.15, 0.2) is 5.96 Å². The maximum Gasteiger partial charge on any atom is 0.241 e. The Balaban J connectivity index is 0.00000341. The van der Waals surface area contributed by atoms with Gasteiger partial charge in [-0.2, -0.15) is 0 Å². The topological polar surface area (TPSA) is 70.1 Å². The molecular weight excluding hydrogens is 525 g/mol. The van der Waals surface area contributed by atoms with E-state index >= 15 is 0 Å². The van der Waals surface area contributed by atoms with Gasteiger partial charge in [-0.25, -0.2) is 9.98 Å². The smallest absolute Gasteiger partial charge is 0.241 e. The van der Waals surface area contributed by atoms with Crippen molar-refractivity contribution in [3.8, 4) is 5.75 Å². The number of carbonyl (C=O) groups is 1. The molecule has 0 aliphatic heterocycles. The third kappa shape index (κ3) is 7.34. The van der Waals surface area contributed by atoms with Crippen LogP contribution >= 0.6 is 35.3 Å². The molecule has 0 atom stereocenters. The molecule has 1 aliphatic rings. The number of methoxy groups -OCH3 is 1. The first kappa shape index (κ1) is 25.4. The summed E-state index contributed by atoms with van der Waals surface area (Å²) in [6.07, 6.45) is 4.72. The Bertz CT molecular complexity index is 859. The molecule has 9 heteroatoms. The van der Waals surface area contributed by atoms with Gasteiger partial charge in [0.05, 0.1) is 32.4 Å². The highest BCUT2D eigenvalue weighted by Gasteiger charge is 2.17. The summed E-state index contributed by atoms with van der Waals surface area (Å²) in [7, 11) is 7.15. The SMILES string of the molecule is COc1ccc(CN=C(NCC(=O)N(C)C)N(C)Cc2nc3c(s2)CCCC3)cc1.I. The van der Waals surface area contributed by atoms with Crippen molar-refractivity contribution < 1.29 is 9.53 Å². The Hall–Kier alpha value is -1.88. The quantitative estimate of drug-likeness (QED) is 0.322. The van der Waals surface area contributed by atoms with E-state index in [1.807, 2.05) is 36.2 Å². The number of nitrogens with zero attached hydrogens (tertiary/aromatic N) is 4. The van der Waals surface area contributed by atoms with E-state index < -0.39 is 0 Å². The van der Waals surface area contributed by atoms with Crippen molar-refractivity contribution in [2.75, 3.05) is 34.8 Å². The molecule has 31 heavy (non-hydrogen) atoms. The highest BCUT2D eigenvalue weighted by atomic mass is 127. The molecule has 0 fully saturated rings. The number of amides is 1. The molecule has 0 radical (unpaired) electrons. The second kappa shape index (κ2) is 12.2. The Morgan fingerprint density at radius 2 is 1.90 bits per heavy atom. The van der Waals surface area contributed by atoms with Crippen LogP contribution in [0.15, 0.2) is 29.3 Å². The van der Waals surface area contributed by atoms with Crippen LogP contribution in [-0.2, 0) is 30.7 Å². The summed E-state index contributed by atoms with van der Waals surface area (Å²) < 4.78 is 5.22. The van der Waals surface area contributed by atoms with Gasteiger partial charge in [-0.3, -0.25) is 4.79 Å². The van der Waals surface area contributed by atoms with Crippen LogP contribution in [0.3, 0.4) is 0 Å². The molecule has 1 amide bonds. The van der Waals surface area contributed by atoms with Crippen LogP contribution in [0, 0.1) is 0 Å². The zero-order chi connectivity index (χ0) is 21.5. The van der Waals surface area contributed by atoms with Crippen LogP contribution in [-0.4, -0.2) is 61.4 Å². The van der Waals surface area contributed by atoms with Crippen LogP contribution < -0.4 is 10.1 Å². The van der Waals surface area contributed by atoms with Crippen LogP contribution in [0.5, 0.6) is 5.75 Å². The van der Waals surface area contributed by atoms with Crippen molar-refractivity contribution in [1.82, 2.24) is 20.1 Å². The fourth-order valence-electron chi connectivity index (χ4n) is 3.27. The summed E-state index contributed by atoms with van der Waals surface area (Å²) in [4.78, 5) is 26.7. The van der Waals surface area contributed by atoms with E-state index in [1.165, 1.54) is 23.4 Å². The first-order valence-corrected chi connectivity index (χ1v) is 11.1. The lowest BCUT2D eigenvalue weighted by Gasteiger charge is -2.22. The number of aliphatic imine (C=N–C) groups is 1. The minimum Gasteiger partial charge on any atom is -0.497 e. The molecule has 0 unspecified atom stereocenters. The van der Waals surface area contributed by atoms with Crippen molar-refractivity contribution in [2.45, 2.75) is 38.8 Å². The van der Waals surface area contributed by atoms with E-state index in [4.69, 9.17) is 14.7 Å². The predicted molar refractivity (Wildman–Crippen MR) is 136 cm³/mol. The molecule has 1 aliphatic carbocycles. The van der Waals surface area contributed by atoms with Gasteiger partial charge in [0.25, 0.3) is 0 Å². The average molecular weight is 558 g/mol. The zero-order valence-electron chi connectivity index (χ0n) is 18.7. The molecule has 1 N–H and O–H groups in total. The van der Waals surface area contributed by atoms with Crippen LogP contribution in [0.2, 0.25) is 0 Å². The minimum absolute atomic E-state index is 0.